The topological polar surface area (TPSA) is 113 Å². The Labute approximate surface area is 156 Å². The lowest BCUT2D eigenvalue weighted by atomic mass is 9.74. The van der Waals surface area contributed by atoms with E-state index in [4.69, 9.17) is 4.74 Å². The minimum atomic E-state index is -1.22. The molecule has 0 amide bonds. The summed E-state index contributed by atoms with van der Waals surface area (Å²) >= 11 is 0. The molecule has 0 radical (unpaired) electrons. The molecule has 0 fully saturated rings. The van der Waals surface area contributed by atoms with Crippen LogP contribution in [0.2, 0.25) is 0 Å². The van der Waals surface area contributed by atoms with Crippen molar-refractivity contribution in [2.24, 2.45) is 10.9 Å². The van der Waals surface area contributed by atoms with Crippen LogP contribution < -0.4 is 0 Å². The van der Waals surface area contributed by atoms with E-state index in [0.717, 1.165) is 0 Å². The molecule has 0 spiro atoms. The van der Waals surface area contributed by atoms with Crippen LogP contribution in [-0.4, -0.2) is 40.4 Å². The van der Waals surface area contributed by atoms with Crippen LogP contribution in [0, 0.1) is 5.92 Å². The van der Waals surface area contributed by atoms with Crippen LogP contribution in [-0.2, 0) is 19.1 Å². The molecule has 0 aliphatic carbocycles. The molecule has 0 saturated carbocycles. The van der Waals surface area contributed by atoms with E-state index in [1.165, 1.54) is 12.2 Å². The molecule has 0 saturated heterocycles. The zero-order valence-electron chi connectivity index (χ0n) is 15.3. The van der Waals surface area contributed by atoms with E-state index >= 15 is 0 Å². The predicted molar refractivity (Wildman–Crippen MR) is 99.4 cm³/mol. The van der Waals surface area contributed by atoms with E-state index in [-0.39, 0.29) is 17.9 Å². The number of aliphatic imine (C=N–C) groups is 1. The van der Waals surface area contributed by atoms with Gasteiger partial charge in [0.25, 0.3) is 0 Å². The number of carbonyl (C=O) groups is 3. The summed E-state index contributed by atoms with van der Waals surface area (Å²) in [6.07, 6.45) is 2.74. The fourth-order valence-electron chi connectivity index (χ4n) is 3.27. The molecule has 1 aromatic carbocycles. The molecule has 2 N–H and O–H groups in total. The minimum Gasteiger partial charge on any atom is -0.481 e. The molecule has 2 rings (SSSR count). The minimum absolute atomic E-state index is 0.0648. The molecule has 142 valence electrons. The van der Waals surface area contributed by atoms with E-state index in [0.29, 0.717) is 16.8 Å². The fourth-order valence-corrected chi connectivity index (χ4v) is 3.27. The van der Waals surface area contributed by atoms with Gasteiger partial charge in [-0.25, -0.2) is 9.59 Å². The number of hydrogen-bond acceptors (Lipinski definition) is 5. The van der Waals surface area contributed by atoms with Crippen molar-refractivity contribution in [3.8, 4) is 0 Å². The molecule has 2 atom stereocenters. The van der Waals surface area contributed by atoms with Crippen LogP contribution in [0.1, 0.15) is 37.8 Å². The second kappa shape index (κ2) is 8.44. The molecule has 7 heteroatoms. The number of hydrogen-bond donors (Lipinski definition) is 2. The maximum Gasteiger partial charge on any atom is 0.334 e. The summed E-state index contributed by atoms with van der Waals surface area (Å²) in [5.41, 5.74) is 1.58. The molecule has 1 aliphatic rings. The lowest BCUT2D eigenvalue weighted by Gasteiger charge is -2.30. The summed E-state index contributed by atoms with van der Waals surface area (Å²) in [4.78, 5) is 39.5. The van der Waals surface area contributed by atoms with Crippen molar-refractivity contribution in [1.82, 2.24) is 0 Å². The smallest absolute Gasteiger partial charge is 0.334 e. The number of benzene rings is 1. The van der Waals surface area contributed by atoms with E-state index in [2.05, 4.69) is 4.99 Å². The summed E-state index contributed by atoms with van der Waals surface area (Å²) < 4.78 is 4.86. The molecular weight excluding hydrogens is 350 g/mol. The van der Waals surface area contributed by atoms with Gasteiger partial charge in [0, 0.05) is 23.4 Å². The number of esters is 1. The first kappa shape index (κ1) is 20.1. The number of carboxylic acids is 2. The molecule has 0 aromatic heterocycles. The molecule has 1 aliphatic heterocycles. The van der Waals surface area contributed by atoms with E-state index in [9.17, 15) is 24.6 Å². The normalized spacial score (nSPS) is 19.7. The van der Waals surface area contributed by atoms with Gasteiger partial charge in [-0.05, 0) is 38.0 Å². The number of nitrogens with zero attached hydrogens (tertiary/aromatic N) is 1. The van der Waals surface area contributed by atoms with Gasteiger partial charge in [0.1, 0.15) is 5.92 Å². The Morgan fingerprint density at radius 2 is 1.85 bits per heavy atom. The molecule has 1 aromatic rings. The van der Waals surface area contributed by atoms with Gasteiger partial charge in [0.05, 0.1) is 12.2 Å². The zero-order chi connectivity index (χ0) is 20.1. The SMILES string of the molecule is CCOC(=O)C=Cc1ccccc1C1C(C(=O)O)=C(C)N=C(C)C1C(=O)O. The lowest BCUT2D eigenvalue weighted by Crippen LogP contribution is -2.35. The van der Waals surface area contributed by atoms with Crippen LogP contribution in [0.15, 0.2) is 46.6 Å². The van der Waals surface area contributed by atoms with Crippen molar-refractivity contribution < 1.29 is 29.3 Å². The van der Waals surface area contributed by atoms with Crippen molar-refractivity contribution in [2.75, 3.05) is 6.61 Å². The number of carbonyl (C=O) groups excluding carboxylic acids is 1. The average molecular weight is 371 g/mol. The summed E-state index contributed by atoms with van der Waals surface area (Å²) in [5.74, 6) is -4.95. The highest BCUT2D eigenvalue weighted by atomic mass is 16.5. The molecule has 1 heterocycles. The van der Waals surface area contributed by atoms with Crippen LogP contribution in [0.3, 0.4) is 0 Å². The molecule has 0 bridgehead atoms. The number of carboxylic acid groups (broad SMARTS) is 2. The third-order valence-corrected chi connectivity index (χ3v) is 4.34. The van der Waals surface area contributed by atoms with Gasteiger partial charge in [0.2, 0.25) is 0 Å². The number of ether oxygens (including phenoxy) is 1. The number of aliphatic carboxylic acids is 2. The van der Waals surface area contributed by atoms with Gasteiger partial charge in [0.15, 0.2) is 0 Å². The van der Waals surface area contributed by atoms with Crippen LogP contribution in [0.5, 0.6) is 0 Å². The van der Waals surface area contributed by atoms with Crippen LogP contribution in [0.4, 0.5) is 0 Å². The van der Waals surface area contributed by atoms with E-state index < -0.39 is 29.7 Å². The van der Waals surface area contributed by atoms with Gasteiger partial charge in [-0.2, -0.15) is 0 Å². The first-order valence-electron chi connectivity index (χ1n) is 8.43. The Morgan fingerprint density at radius 1 is 1.19 bits per heavy atom. The zero-order valence-corrected chi connectivity index (χ0v) is 15.3. The molecule has 2 unspecified atom stereocenters. The molecular formula is C20H21NO6. The van der Waals surface area contributed by atoms with Crippen molar-refractivity contribution in [1.29, 1.82) is 0 Å². The second-order valence-corrected chi connectivity index (χ2v) is 6.07. The third-order valence-electron chi connectivity index (χ3n) is 4.34. The standard InChI is InChI=1S/C20H21NO6/c1-4-27-15(22)10-9-13-7-5-6-8-14(13)18-16(19(23)24)11(2)21-12(3)17(18)20(25)26/h5-10,16,18H,4H2,1-3H3,(H,23,24)(H,25,26). The first-order chi connectivity index (χ1) is 12.8. The van der Waals surface area contributed by atoms with Gasteiger partial charge in [-0.15, -0.1) is 0 Å². The number of allylic oxidation sites excluding steroid dienone is 1. The predicted octanol–water partition coefficient (Wildman–Crippen LogP) is 2.88. The van der Waals surface area contributed by atoms with Crippen LogP contribution >= 0.6 is 0 Å². The Balaban J connectivity index is 2.63. The van der Waals surface area contributed by atoms with E-state index in [1.54, 1.807) is 45.0 Å². The Bertz CT molecular complexity index is 865. The summed E-state index contributed by atoms with van der Waals surface area (Å²) in [6, 6.07) is 6.79. The van der Waals surface area contributed by atoms with Crippen molar-refractivity contribution in [3.63, 3.8) is 0 Å². The summed E-state index contributed by atoms with van der Waals surface area (Å²) in [5, 5.41) is 19.4. The highest BCUT2D eigenvalue weighted by Crippen LogP contribution is 2.40. The number of rotatable bonds is 6. The van der Waals surface area contributed by atoms with Crippen molar-refractivity contribution in [3.05, 3.63) is 52.7 Å². The highest BCUT2D eigenvalue weighted by Gasteiger charge is 2.41. The summed E-state index contributed by atoms with van der Waals surface area (Å²) in [7, 11) is 0. The monoisotopic (exact) mass is 371 g/mol. The molecule has 27 heavy (non-hydrogen) atoms. The Hall–Kier alpha value is -3.22. The van der Waals surface area contributed by atoms with Gasteiger partial charge >= 0.3 is 17.9 Å². The quantitative estimate of drug-likeness (QED) is 0.587. The molecule has 7 nitrogen and oxygen atoms in total. The van der Waals surface area contributed by atoms with Crippen molar-refractivity contribution in [2.45, 2.75) is 26.7 Å². The largest absolute Gasteiger partial charge is 0.481 e. The fraction of sp³-hybridized carbons (Fsp3) is 0.300. The maximum absolute atomic E-state index is 11.9. The Kier molecular flexibility index (Phi) is 6.28. The average Bonchev–Trinajstić information content (AvgIpc) is 2.59. The van der Waals surface area contributed by atoms with Crippen molar-refractivity contribution >= 4 is 29.7 Å². The maximum atomic E-state index is 11.9. The van der Waals surface area contributed by atoms with Gasteiger partial charge < -0.3 is 14.9 Å². The first-order valence-corrected chi connectivity index (χ1v) is 8.43. The van der Waals surface area contributed by atoms with Gasteiger partial charge in [-0.1, -0.05) is 24.3 Å². The lowest BCUT2D eigenvalue weighted by molar-refractivity contribution is -0.140. The highest BCUT2D eigenvalue weighted by molar-refractivity contribution is 6.06. The Morgan fingerprint density at radius 3 is 2.44 bits per heavy atom. The van der Waals surface area contributed by atoms with Gasteiger partial charge in [-0.3, -0.25) is 9.79 Å². The summed E-state index contributed by atoms with van der Waals surface area (Å²) in [6.45, 7) is 5.04. The van der Waals surface area contributed by atoms with E-state index in [1.807, 2.05) is 0 Å². The second-order valence-electron chi connectivity index (χ2n) is 6.07. The van der Waals surface area contributed by atoms with Crippen LogP contribution in [0.25, 0.3) is 6.08 Å². The third kappa shape index (κ3) is 4.31.